The zero-order valence-corrected chi connectivity index (χ0v) is 11.3. The Morgan fingerprint density at radius 1 is 1.10 bits per heavy atom. The second kappa shape index (κ2) is 4.42. The number of rotatable bonds is 2. The van der Waals surface area contributed by atoms with Crippen molar-refractivity contribution in [3.63, 3.8) is 0 Å². The number of hydrogen-bond donors (Lipinski definition) is 0. The van der Waals surface area contributed by atoms with Gasteiger partial charge in [0.05, 0.1) is 22.6 Å². The monoisotopic (exact) mass is 286 g/mol. The molecule has 1 aliphatic rings. The lowest BCUT2D eigenvalue weighted by atomic mass is 10.2. The van der Waals surface area contributed by atoms with Gasteiger partial charge in [0.2, 0.25) is 6.79 Å². The molecular formula is C15H11ClN2O2. The summed E-state index contributed by atoms with van der Waals surface area (Å²) in [5, 5.41) is 0. The largest absolute Gasteiger partial charge is 0.454 e. The van der Waals surface area contributed by atoms with Gasteiger partial charge in [0.1, 0.15) is 5.82 Å². The van der Waals surface area contributed by atoms with Crippen molar-refractivity contribution in [2.75, 3.05) is 6.79 Å². The van der Waals surface area contributed by atoms with Gasteiger partial charge in [0.15, 0.2) is 11.5 Å². The molecule has 5 heteroatoms. The zero-order valence-electron chi connectivity index (χ0n) is 10.5. The van der Waals surface area contributed by atoms with Crippen LogP contribution in [0.15, 0.2) is 42.5 Å². The van der Waals surface area contributed by atoms with Gasteiger partial charge in [-0.25, -0.2) is 4.98 Å². The number of aromatic nitrogens is 2. The molecule has 100 valence electrons. The number of fused-ring (bicyclic) bond motifs is 2. The highest BCUT2D eigenvalue weighted by molar-refractivity contribution is 6.17. The molecule has 4 nitrogen and oxygen atoms in total. The lowest BCUT2D eigenvalue weighted by Crippen LogP contribution is -1.99. The molecule has 4 rings (SSSR count). The fraction of sp³-hybridized carbons (Fsp3) is 0.133. The van der Waals surface area contributed by atoms with Gasteiger partial charge in [-0.05, 0) is 24.3 Å². The third kappa shape index (κ3) is 1.65. The smallest absolute Gasteiger partial charge is 0.231 e. The van der Waals surface area contributed by atoms with Gasteiger partial charge in [-0.3, -0.25) is 4.57 Å². The molecule has 0 aliphatic carbocycles. The van der Waals surface area contributed by atoms with E-state index >= 15 is 0 Å². The first kappa shape index (κ1) is 11.6. The van der Waals surface area contributed by atoms with Gasteiger partial charge in [-0.15, -0.1) is 11.6 Å². The van der Waals surface area contributed by atoms with Crippen molar-refractivity contribution in [1.29, 1.82) is 0 Å². The Kier molecular flexibility index (Phi) is 2.57. The second-order valence-electron chi connectivity index (χ2n) is 4.52. The summed E-state index contributed by atoms with van der Waals surface area (Å²) in [5.74, 6) is 2.68. The third-order valence-electron chi connectivity index (χ3n) is 3.36. The fourth-order valence-corrected chi connectivity index (χ4v) is 2.66. The summed E-state index contributed by atoms with van der Waals surface area (Å²) in [6, 6.07) is 13.8. The Labute approximate surface area is 120 Å². The Morgan fingerprint density at radius 3 is 2.85 bits per heavy atom. The van der Waals surface area contributed by atoms with Crippen LogP contribution in [0.1, 0.15) is 5.82 Å². The van der Waals surface area contributed by atoms with Crippen molar-refractivity contribution in [1.82, 2.24) is 9.55 Å². The Balaban J connectivity index is 1.97. The minimum Gasteiger partial charge on any atom is -0.454 e. The number of nitrogens with zero attached hydrogens (tertiary/aromatic N) is 2. The van der Waals surface area contributed by atoms with Crippen molar-refractivity contribution in [3.8, 4) is 17.2 Å². The molecule has 0 saturated carbocycles. The first-order valence-corrected chi connectivity index (χ1v) is 6.82. The van der Waals surface area contributed by atoms with E-state index in [9.17, 15) is 0 Å². The van der Waals surface area contributed by atoms with Crippen LogP contribution in [0, 0.1) is 0 Å². The minimum absolute atomic E-state index is 0.270. The van der Waals surface area contributed by atoms with Gasteiger partial charge in [0.25, 0.3) is 0 Å². The molecule has 2 heterocycles. The molecule has 0 bridgehead atoms. The highest BCUT2D eigenvalue weighted by Crippen LogP contribution is 2.35. The predicted octanol–water partition coefficient (Wildman–Crippen LogP) is 3.49. The molecule has 1 aliphatic heterocycles. The summed E-state index contributed by atoms with van der Waals surface area (Å²) in [6.07, 6.45) is 0. The number of alkyl halides is 1. The molecule has 0 unspecified atom stereocenters. The van der Waals surface area contributed by atoms with E-state index in [2.05, 4.69) is 4.98 Å². The number of hydrogen-bond acceptors (Lipinski definition) is 3. The maximum atomic E-state index is 6.03. The number of ether oxygens (including phenoxy) is 2. The van der Waals surface area contributed by atoms with E-state index in [0.717, 1.165) is 34.0 Å². The molecule has 0 fully saturated rings. The van der Waals surface area contributed by atoms with Gasteiger partial charge in [0, 0.05) is 6.07 Å². The van der Waals surface area contributed by atoms with Crippen LogP contribution in [0.5, 0.6) is 11.5 Å². The average molecular weight is 287 g/mol. The van der Waals surface area contributed by atoms with E-state index in [4.69, 9.17) is 21.1 Å². The van der Waals surface area contributed by atoms with E-state index in [1.54, 1.807) is 0 Å². The quantitative estimate of drug-likeness (QED) is 0.677. The molecule has 0 amide bonds. The lowest BCUT2D eigenvalue weighted by molar-refractivity contribution is 0.174. The molecule has 0 radical (unpaired) electrons. The van der Waals surface area contributed by atoms with Crippen LogP contribution in [0.2, 0.25) is 0 Å². The maximum Gasteiger partial charge on any atom is 0.231 e. The number of para-hydroxylation sites is 2. The summed E-state index contributed by atoms with van der Waals surface area (Å²) < 4.78 is 12.8. The summed E-state index contributed by atoms with van der Waals surface area (Å²) >= 11 is 6.03. The van der Waals surface area contributed by atoms with Gasteiger partial charge in [-0.2, -0.15) is 0 Å². The Morgan fingerprint density at radius 2 is 1.95 bits per heavy atom. The van der Waals surface area contributed by atoms with Crippen LogP contribution in [0.25, 0.3) is 16.7 Å². The van der Waals surface area contributed by atoms with E-state index < -0.39 is 0 Å². The Bertz CT molecular complexity index is 798. The van der Waals surface area contributed by atoms with Crippen LogP contribution in [0.4, 0.5) is 0 Å². The summed E-state index contributed by atoms with van der Waals surface area (Å²) in [7, 11) is 0. The van der Waals surface area contributed by atoms with Crippen LogP contribution >= 0.6 is 11.6 Å². The SMILES string of the molecule is ClCc1nc2ccccc2n1-c1ccc2c(c1)OCO2. The van der Waals surface area contributed by atoms with Gasteiger partial charge >= 0.3 is 0 Å². The number of benzene rings is 2. The Hall–Kier alpha value is -2.20. The molecule has 0 atom stereocenters. The average Bonchev–Trinajstić information content (AvgIpc) is 3.09. The van der Waals surface area contributed by atoms with Crippen LogP contribution in [-0.2, 0) is 5.88 Å². The van der Waals surface area contributed by atoms with Gasteiger partial charge in [-0.1, -0.05) is 12.1 Å². The number of halogens is 1. The van der Waals surface area contributed by atoms with Crippen LogP contribution in [-0.4, -0.2) is 16.3 Å². The van der Waals surface area contributed by atoms with Gasteiger partial charge < -0.3 is 9.47 Å². The predicted molar refractivity (Wildman–Crippen MR) is 76.8 cm³/mol. The number of imidazole rings is 1. The summed E-state index contributed by atoms with van der Waals surface area (Å²) in [5.41, 5.74) is 2.93. The van der Waals surface area contributed by atoms with E-state index in [1.165, 1.54) is 0 Å². The topological polar surface area (TPSA) is 36.3 Å². The molecule has 1 aromatic heterocycles. The van der Waals surface area contributed by atoms with E-state index in [0.29, 0.717) is 5.88 Å². The van der Waals surface area contributed by atoms with Crippen molar-refractivity contribution in [3.05, 3.63) is 48.3 Å². The molecule has 0 spiro atoms. The molecule has 3 aromatic rings. The van der Waals surface area contributed by atoms with Crippen molar-refractivity contribution in [2.45, 2.75) is 5.88 Å². The maximum absolute atomic E-state index is 6.03. The zero-order chi connectivity index (χ0) is 13.5. The summed E-state index contributed by atoms with van der Waals surface area (Å²) in [6.45, 7) is 0.270. The van der Waals surface area contributed by atoms with Crippen molar-refractivity contribution >= 4 is 22.6 Å². The van der Waals surface area contributed by atoms with Crippen LogP contribution < -0.4 is 9.47 Å². The summed E-state index contributed by atoms with van der Waals surface area (Å²) in [4.78, 5) is 4.56. The van der Waals surface area contributed by atoms with E-state index in [1.807, 2.05) is 47.0 Å². The van der Waals surface area contributed by atoms with Crippen molar-refractivity contribution < 1.29 is 9.47 Å². The first-order valence-electron chi connectivity index (χ1n) is 6.29. The minimum atomic E-state index is 0.270. The third-order valence-corrected chi connectivity index (χ3v) is 3.60. The standard InChI is InChI=1S/C15H11ClN2O2/c16-8-15-17-11-3-1-2-4-12(11)18(15)10-5-6-13-14(7-10)20-9-19-13/h1-7H,8-9H2. The lowest BCUT2D eigenvalue weighted by Gasteiger charge is -2.08. The van der Waals surface area contributed by atoms with E-state index in [-0.39, 0.29) is 6.79 Å². The normalized spacial score (nSPS) is 13.1. The highest BCUT2D eigenvalue weighted by atomic mass is 35.5. The van der Waals surface area contributed by atoms with Crippen LogP contribution in [0.3, 0.4) is 0 Å². The molecule has 20 heavy (non-hydrogen) atoms. The second-order valence-corrected chi connectivity index (χ2v) is 4.79. The molecular weight excluding hydrogens is 276 g/mol. The molecule has 0 saturated heterocycles. The molecule has 2 aromatic carbocycles. The first-order chi connectivity index (χ1) is 9.86. The van der Waals surface area contributed by atoms with Crippen molar-refractivity contribution in [2.24, 2.45) is 0 Å². The molecule has 0 N–H and O–H groups in total. The highest BCUT2D eigenvalue weighted by Gasteiger charge is 2.17. The fourth-order valence-electron chi connectivity index (χ4n) is 2.48.